The Hall–Kier alpha value is -1.14. The summed E-state index contributed by atoms with van der Waals surface area (Å²) in [5.41, 5.74) is 0. The van der Waals surface area contributed by atoms with Gasteiger partial charge in [0, 0.05) is 29.6 Å². The summed E-state index contributed by atoms with van der Waals surface area (Å²) in [6, 6.07) is 3.70. The van der Waals surface area contributed by atoms with E-state index in [0.717, 1.165) is 17.3 Å². The lowest BCUT2D eigenvalue weighted by atomic mass is 9.92. The number of carbonyl (C=O) groups excluding carboxylic acids is 1. The lowest BCUT2D eigenvalue weighted by Crippen LogP contribution is -2.40. The van der Waals surface area contributed by atoms with E-state index < -0.39 is 0 Å². The molecule has 0 aromatic carbocycles. The van der Waals surface area contributed by atoms with E-state index in [4.69, 9.17) is 14.2 Å². The zero-order valence-corrected chi connectivity index (χ0v) is 12.3. The molecule has 0 aliphatic heterocycles. The summed E-state index contributed by atoms with van der Waals surface area (Å²) < 4.78 is 16.8. The van der Waals surface area contributed by atoms with E-state index in [9.17, 15) is 4.79 Å². The molecule has 1 fully saturated rings. The number of aromatic nitrogens is 1. The molecule has 1 aromatic heterocycles. The molecular weight excluding hydrogens is 314 g/mol. The molecule has 1 aromatic rings. The second-order valence-electron chi connectivity index (χ2n) is 4.26. The van der Waals surface area contributed by atoms with E-state index in [2.05, 4.69) is 20.9 Å². The predicted molar refractivity (Wildman–Crippen MR) is 72.0 cm³/mol. The average molecular weight is 330 g/mol. The highest BCUT2D eigenvalue weighted by Crippen LogP contribution is 2.27. The second-order valence-corrected chi connectivity index (χ2v) is 5.18. The highest BCUT2D eigenvalue weighted by molar-refractivity contribution is 9.10. The quantitative estimate of drug-likeness (QED) is 0.750. The Balaban J connectivity index is 1.63. The van der Waals surface area contributed by atoms with Crippen LogP contribution >= 0.6 is 15.9 Å². The van der Waals surface area contributed by atoms with E-state index in [1.54, 1.807) is 13.1 Å². The summed E-state index contributed by atoms with van der Waals surface area (Å²) in [5, 5.41) is 0. The molecule has 1 saturated carbocycles. The number of nitrogens with zero attached hydrogens (tertiary/aromatic N) is 1. The van der Waals surface area contributed by atoms with E-state index in [0.29, 0.717) is 12.5 Å². The number of hydrogen-bond acceptors (Lipinski definition) is 5. The highest BCUT2D eigenvalue weighted by Gasteiger charge is 2.32. The molecule has 1 aliphatic rings. The van der Waals surface area contributed by atoms with Crippen molar-refractivity contribution in [3.05, 3.63) is 22.8 Å². The fourth-order valence-corrected chi connectivity index (χ4v) is 1.98. The predicted octanol–water partition coefficient (Wildman–Crippen LogP) is 2.33. The Kier molecular flexibility index (Phi) is 5.15. The van der Waals surface area contributed by atoms with Gasteiger partial charge in [0.05, 0.1) is 12.7 Å². The minimum Gasteiger partial charge on any atom is -0.474 e. The van der Waals surface area contributed by atoms with Gasteiger partial charge in [-0.15, -0.1) is 0 Å². The van der Waals surface area contributed by atoms with Crippen molar-refractivity contribution in [1.82, 2.24) is 4.98 Å². The number of esters is 1. The SMILES string of the molecule is CCOC(=O)CO[C@H]1C[C@H](Oc2ccc(Br)cn2)C1. The third-order valence-corrected chi connectivity index (χ3v) is 3.25. The standard InChI is InChI=1S/C13H16BrNO4/c1-2-17-13(16)8-18-10-5-11(6-10)19-12-4-3-9(14)7-15-12/h3-4,7,10-11H,2,5-6,8H2,1H3/t10-,11-. The minimum atomic E-state index is -0.318. The maximum absolute atomic E-state index is 11.1. The van der Waals surface area contributed by atoms with Crippen LogP contribution in [-0.4, -0.2) is 36.4 Å². The van der Waals surface area contributed by atoms with Crippen LogP contribution in [0, 0.1) is 0 Å². The number of rotatable bonds is 6. The Bertz CT molecular complexity index is 417. The van der Waals surface area contributed by atoms with Crippen LogP contribution in [0.4, 0.5) is 0 Å². The molecule has 0 radical (unpaired) electrons. The summed E-state index contributed by atoms with van der Waals surface area (Å²) >= 11 is 3.32. The van der Waals surface area contributed by atoms with Crippen LogP contribution in [0.1, 0.15) is 19.8 Å². The third-order valence-electron chi connectivity index (χ3n) is 2.78. The first-order chi connectivity index (χ1) is 9.17. The van der Waals surface area contributed by atoms with Crippen LogP contribution in [0.3, 0.4) is 0 Å². The van der Waals surface area contributed by atoms with E-state index >= 15 is 0 Å². The lowest BCUT2D eigenvalue weighted by Gasteiger charge is -2.34. The maximum Gasteiger partial charge on any atom is 0.332 e. The monoisotopic (exact) mass is 329 g/mol. The molecule has 0 saturated heterocycles. The smallest absolute Gasteiger partial charge is 0.332 e. The van der Waals surface area contributed by atoms with Gasteiger partial charge >= 0.3 is 5.97 Å². The van der Waals surface area contributed by atoms with E-state index in [1.807, 2.05) is 12.1 Å². The Morgan fingerprint density at radius 1 is 1.42 bits per heavy atom. The van der Waals surface area contributed by atoms with Crippen molar-refractivity contribution in [2.75, 3.05) is 13.2 Å². The molecule has 1 heterocycles. The molecule has 0 spiro atoms. The Morgan fingerprint density at radius 2 is 2.21 bits per heavy atom. The Morgan fingerprint density at radius 3 is 2.84 bits per heavy atom. The third kappa shape index (κ3) is 4.47. The molecule has 1 aliphatic carbocycles. The van der Waals surface area contributed by atoms with Gasteiger partial charge in [0.25, 0.3) is 0 Å². The van der Waals surface area contributed by atoms with Gasteiger partial charge in [0.2, 0.25) is 5.88 Å². The average Bonchev–Trinajstić information content (AvgIpc) is 2.34. The summed E-state index contributed by atoms with van der Waals surface area (Å²) in [4.78, 5) is 15.2. The number of halogens is 1. The molecule has 0 bridgehead atoms. The highest BCUT2D eigenvalue weighted by atomic mass is 79.9. The Labute approximate surface area is 120 Å². The van der Waals surface area contributed by atoms with Gasteiger partial charge in [0.15, 0.2) is 0 Å². The normalized spacial score (nSPS) is 21.6. The zero-order chi connectivity index (χ0) is 13.7. The largest absolute Gasteiger partial charge is 0.474 e. The van der Waals surface area contributed by atoms with Crippen molar-refractivity contribution in [1.29, 1.82) is 0 Å². The molecular formula is C13H16BrNO4. The van der Waals surface area contributed by atoms with Crippen molar-refractivity contribution in [2.24, 2.45) is 0 Å². The summed E-state index contributed by atoms with van der Waals surface area (Å²) in [6.07, 6.45) is 3.43. The minimum absolute atomic E-state index is 0.0156. The number of ether oxygens (including phenoxy) is 3. The van der Waals surface area contributed by atoms with Gasteiger partial charge in [-0.2, -0.15) is 0 Å². The van der Waals surface area contributed by atoms with Gasteiger partial charge in [-0.05, 0) is 28.9 Å². The van der Waals surface area contributed by atoms with Crippen molar-refractivity contribution in [2.45, 2.75) is 32.0 Å². The molecule has 104 valence electrons. The fourth-order valence-electron chi connectivity index (χ4n) is 1.74. The van der Waals surface area contributed by atoms with Gasteiger partial charge in [-0.25, -0.2) is 9.78 Å². The molecule has 0 atom stereocenters. The summed E-state index contributed by atoms with van der Waals surface area (Å²) in [5.74, 6) is 0.290. The zero-order valence-electron chi connectivity index (χ0n) is 10.7. The van der Waals surface area contributed by atoms with Crippen LogP contribution in [0.15, 0.2) is 22.8 Å². The topological polar surface area (TPSA) is 57.7 Å². The first-order valence-corrected chi connectivity index (χ1v) is 7.02. The van der Waals surface area contributed by atoms with Gasteiger partial charge in [-0.3, -0.25) is 0 Å². The van der Waals surface area contributed by atoms with E-state index in [1.165, 1.54) is 0 Å². The fraction of sp³-hybridized carbons (Fsp3) is 0.538. The van der Waals surface area contributed by atoms with Crippen LogP contribution in [-0.2, 0) is 14.3 Å². The van der Waals surface area contributed by atoms with Crippen LogP contribution in [0.25, 0.3) is 0 Å². The first-order valence-electron chi connectivity index (χ1n) is 6.22. The van der Waals surface area contributed by atoms with Crippen LogP contribution in [0.5, 0.6) is 5.88 Å². The molecule has 0 N–H and O–H groups in total. The number of hydrogen-bond donors (Lipinski definition) is 0. The van der Waals surface area contributed by atoms with Crippen molar-refractivity contribution >= 4 is 21.9 Å². The molecule has 0 unspecified atom stereocenters. The lowest BCUT2D eigenvalue weighted by molar-refractivity contribution is -0.155. The van der Waals surface area contributed by atoms with E-state index in [-0.39, 0.29) is 24.8 Å². The van der Waals surface area contributed by atoms with Gasteiger partial charge in [0.1, 0.15) is 12.7 Å². The van der Waals surface area contributed by atoms with Crippen LogP contribution < -0.4 is 4.74 Å². The van der Waals surface area contributed by atoms with Crippen molar-refractivity contribution < 1.29 is 19.0 Å². The van der Waals surface area contributed by atoms with Gasteiger partial charge in [-0.1, -0.05) is 0 Å². The first kappa shape index (κ1) is 14.3. The summed E-state index contributed by atoms with van der Waals surface area (Å²) in [6.45, 7) is 2.17. The van der Waals surface area contributed by atoms with Gasteiger partial charge < -0.3 is 14.2 Å². The summed E-state index contributed by atoms with van der Waals surface area (Å²) in [7, 11) is 0. The maximum atomic E-state index is 11.1. The van der Waals surface area contributed by atoms with Crippen LogP contribution in [0.2, 0.25) is 0 Å². The van der Waals surface area contributed by atoms with Crippen molar-refractivity contribution in [3.63, 3.8) is 0 Å². The van der Waals surface area contributed by atoms with Crippen molar-refractivity contribution in [3.8, 4) is 5.88 Å². The molecule has 0 amide bonds. The molecule has 19 heavy (non-hydrogen) atoms. The second kappa shape index (κ2) is 6.86. The molecule has 2 rings (SSSR count). The molecule has 6 heteroatoms. The molecule has 5 nitrogen and oxygen atoms in total. The number of carbonyl (C=O) groups is 1. The number of pyridine rings is 1.